The number of rotatable bonds is 4. The van der Waals surface area contributed by atoms with Crippen LogP contribution in [0.3, 0.4) is 0 Å². The molecule has 1 aliphatic carbocycles. The van der Waals surface area contributed by atoms with E-state index in [-0.39, 0.29) is 18.0 Å². The van der Waals surface area contributed by atoms with Gasteiger partial charge < -0.3 is 9.47 Å². The third-order valence-corrected chi connectivity index (χ3v) is 3.38. The zero-order valence-corrected chi connectivity index (χ0v) is 10.8. The summed E-state index contributed by atoms with van der Waals surface area (Å²) in [6, 6.07) is 0. The third kappa shape index (κ3) is 4.32. The van der Waals surface area contributed by atoms with Crippen molar-refractivity contribution in [2.24, 2.45) is 5.92 Å². The van der Waals surface area contributed by atoms with Gasteiger partial charge in [0.15, 0.2) is 0 Å². The minimum atomic E-state index is -0.114. The van der Waals surface area contributed by atoms with Crippen molar-refractivity contribution in [2.45, 2.75) is 31.8 Å². The van der Waals surface area contributed by atoms with Crippen LogP contribution in [0.4, 0.5) is 0 Å². The molecule has 1 rings (SSSR count). The molecule has 1 aliphatic rings. The standard InChI is InChI=1S/C11H16Cl2O3/c1-15-11(14)8-2-4-10(5-3-8)16-7-9(13)6-12/h6,8,10H,2-5,7H2,1H3. The highest BCUT2D eigenvalue weighted by Crippen LogP contribution is 2.27. The van der Waals surface area contributed by atoms with Gasteiger partial charge in [-0.1, -0.05) is 23.2 Å². The first-order chi connectivity index (χ1) is 7.67. The Morgan fingerprint density at radius 3 is 2.50 bits per heavy atom. The van der Waals surface area contributed by atoms with Gasteiger partial charge >= 0.3 is 5.97 Å². The van der Waals surface area contributed by atoms with E-state index >= 15 is 0 Å². The number of carbonyl (C=O) groups excluding carboxylic acids is 1. The summed E-state index contributed by atoms with van der Waals surface area (Å²) in [5.41, 5.74) is 1.31. The first-order valence-corrected chi connectivity index (χ1v) is 6.13. The van der Waals surface area contributed by atoms with E-state index in [4.69, 9.17) is 32.7 Å². The van der Waals surface area contributed by atoms with E-state index in [1.54, 1.807) is 0 Å². The molecule has 0 atom stereocenters. The molecule has 1 saturated carbocycles. The summed E-state index contributed by atoms with van der Waals surface area (Å²) in [7, 11) is 1.43. The fourth-order valence-corrected chi connectivity index (χ4v) is 1.99. The maximum absolute atomic E-state index is 11.3. The van der Waals surface area contributed by atoms with Crippen molar-refractivity contribution in [2.75, 3.05) is 13.7 Å². The topological polar surface area (TPSA) is 35.5 Å². The van der Waals surface area contributed by atoms with Crippen LogP contribution in [0.15, 0.2) is 10.6 Å². The van der Waals surface area contributed by atoms with Gasteiger partial charge in [-0.2, -0.15) is 0 Å². The van der Waals surface area contributed by atoms with Gasteiger partial charge in [0.1, 0.15) is 0 Å². The molecule has 0 saturated heterocycles. The molecule has 3 nitrogen and oxygen atoms in total. The molecule has 0 N–H and O–H groups in total. The van der Waals surface area contributed by atoms with Crippen LogP contribution < -0.4 is 0 Å². The molecule has 0 amide bonds. The molecule has 1 fully saturated rings. The fourth-order valence-electron chi connectivity index (χ4n) is 1.86. The lowest BCUT2D eigenvalue weighted by Crippen LogP contribution is -2.27. The summed E-state index contributed by atoms with van der Waals surface area (Å²) in [6.45, 7) is 0.346. The number of methoxy groups -OCH3 is 1. The van der Waals surface area contributed by atoms with Crippen molar-refractivity contribution >= 4 is 29.2 Å². The zero-order valence-electron chi connectivity index (χ0n) is 9.25. The Hall–Kier alpha value is -0.250. The van der Waals surface area contributed by atoms with Crippen molar-refractivity contribution in [3.05, 3.63) is 10.6 Å². The molecule has 0 unspecified atom stereocenters. The number of hydrogen-bond acceptors (Lipinski definition) is 3. The van der Waals surface area contributed by atoms with Gasteiger partial charge in [0.05, 0.1) is 30.8 Å². The van der Waals surface area contributed by atoms with E-state index in [1.165, 1.54) is 12.6 Å². The van der Waals surface area contributed by atoms with Crippen molar-refractivity contribution in [1.29, 1.82) is 0 Å². The molecule has 0 aliphatic heterocycles. The van der Waals surface area contributed by atoms with Crippen LogP contribution in [0.1, 0.15) is 25.7 Å². The number of carbonyl (C=O) groups is 1. The molecule has 0 aromatic rings. The number of hydrogen-bond donors (Lipinski definition) is 0. The first kappa shape index (κ1) is 13.8. The molecule has 5 heteroatoms. The van der Waals surface area contributed by atoms with E-state index in [0.29, 0.717) is 11.6 Å². The van der Waals surface area contributed by atoms with Crippen molar-refractivity contribution < 1.29 is 14.3 Å². The summed E-state index contributed by atoms with van der Waals surface area (Å²) < 4.78 is 10.3. The number of esters is 1. The van der Waals surface area contributed by atoms with Crippen LogP contribution in [-0.2, 0) is 14.3 Å². The largest absolute Gasteiger partial charge is 0.469 e. The minimum absolute atomic E-state index is 0.0314. The average Bonchev–Trinajstić information content (AvgIpc) is 2.35. The van der Waals surface area contributed by atoms with Crippen LogP contribution >= 0.6 is 23.2 Å². The van der Waals surface area contributed by atoms with Gasteiger partial charge in [-0.05, 0) is 25.7 Å². The maximum Gasteiger partial charge on any atom is 0.308 e. The Bertz CT molecular complexity index is 258. The second kappa shape index (κ2) is 7.15. The van der Waals surface area contributed by atoms with E-state index in [9.17, 15) is 4.79 Å². The van der Waals surface area contributed by atoms with Gasteiger partial charge in [0.25, 0.3) is 0 Å². The van der Waals surface area contributed by atoms with E-state index in [1.807, 2.05) is 0 Å². The molecule has 0 radical (unpaired) electrons. The lowest BCUT2D eigenvalue weighted by atomic mass is 9.87. The predicted molar refractivity (Wildman–Crippen MR) is 63.5 cm³/mol. The van der Waals surface area contributed by atoms with Crippen molar-refractivity contribution in [3.8, 4) is 0 Å². The molecule has 0 heterocycles. The monoisotopic (exact) mass is 266 g/mol. The second-order valence-corrected chi connectivity index (χ2v) is 4.57. The van der Waals surface area contributed by atoms with E-state index in [2.05, 4.69) is 0 Å². The molecule has 92 valence electrons. The Labute approximate surface area is 106 Å². The van der Waals surface area contributed by atoms with Crippen molar-refractivity contribution in [3.63, 3.8) is 0 Å². The summed E-state index contributed by atoms with van der Waals surface area (Å²) in [6.07, 6.45) is 3.55. The Kier molecular flexibility index (Phi) is 6.17. The lowest BCUT2D eigenvalue weighted by molar-refractivity contribution is -0.147. The molecule has 0 aromatic carbocycles. The highest BCUT2D eigenvalue weighted by molar-refractivity contribution is 6.36. The quantitative estimate of drug-likeness (QED) is 0.734. The van der Waals surface area contributed by atoms with Gasteiger partial charge in [0.2, 0.25) is 0 Å². The van der Waals surface area contributed by atoms with E-state index in [0.717, 1.165) is 25.7 Å². The second-order valence-electron chi connectivity index (χ2n) is 3.86. The third-order valence-electron chi connectivity index (χ3n) is 2.78. The zero-order chi connectivity index (χ0) is 12.0. The van der Waals surface area contributed by atoms with Crippen molar-refractivity contribution in [1.82, 2.24) is 0 Å². The molecule has 0 aromatic heterocycles. The van der Waals surface area contributed by atoms with Gasteiger partial charge in [-0.3, -0.25) is 4.79 Å². The fraction of sp³-hybridized carbons (Fsp3) is 0.727. The molecular weight excluding hydrogens is 251 g/mol. The van der Waals surface area contributed by atoms with Crippen LogP contribution in [0.25, 0.3) is 0 Å². The Morgan fingerprint density at radius 2 is 2.00 bits per heavy atom. The normalized spacial score (nSPS) is 26.6. The molecular formula is C11H16Cl2O3. The maximum atomic E-state index is 11.3. The summed E-state index contributed by atoms with van der Waals surface area (Å²) >= 11 is 11.1. The van der Waals surface area contributed by atoms with Crippen LogP contribution in [-0.4, -0.2) is 25.8 Å². The van der Waals surface area contributed by atoms with Crippen LogP contribution in [0, 0.1) is 5.92 Å². The minimum Gasteiger partial charge on any atom is -0.469 e. The first-order valence-electron chi connectivity index (χ1n) is 5.31. The lowest BCUT2D eigenvalue weighted by Gasteiger charge is -2.26. The average molecular weight is 267 g/mol. The van der Waals surface area contributed by atoms with E-state index < -0.39 is 0 Å². The number of halogens is 2. The summed E-state index contributed by atoms with van der Waals surface area (Å²) in [4.78, 5) is 11.3. The highest BCUT2D eigenvalue weighted by atomic mass is 35.5. The van der Waals surface area contributed by atoms with Gasteiger partial charge in [0, 0.05) is 5.54 Å². The predicted octanol–water partition coefficient (Wildman–Crippen LogP) is 3.05. The SMILES string of the molecule is COC(=O)C1CCC(OCC(Cl)=CCl)CC1. The smallest absolute Gasteiger partial charge is 0.308 e. The molecule has 0 bridgehead atoms. The molecule has 0 spiro atoms. The van der Waals surface area contributed by atoms with Gasteiger partial charge in [-0.15, -0.1) is 0 Å². The summed E-state index contributed by atoms with van der Waals surface area (Å²) in [5.74, 6) is -0.0824. The highest BCUT2D eigenvalue weighted by Gasteiger charge is 2.27. The Balaban J connectivity index is 2.24. The molecule has 16 heavy (non-hydrogen) atoms. The van der Waals surface area contributed by atoms with Gasteiger partial charge in [-0.25, -0.2) is 0 Å². The summed E-state index contributed by atoms with van der Waals surface area (Å²) in [5, 5.41) is 0.497. The Morgan fingerprint density at radius 1 is 1.38 bits per heavy atom. The van der Waals surface area contributed by atoms with Crippen LogP contribution in [0.5, 0.6) is 0 Å². The number of ether oxygens (including phenoxy) is 2. The van der Waals surface area contributed by atoms with Crippen LogP contribution in [0.2, 0.25) is 0 Å².